The van der Waals surface area contributed by atoms with Gasteiger partial charge in [0, 0.05) is 27.1 Å². The fourth-order valence-electron chi connectivity index (χ4n) is 5.30. The third kappa shape index (κ3) is 5.62. The topological polar surface area (TPSA) is 112 Å². The highest BCUT2D eigenvalue weighted by Gasteiger charge is 2.35. The first kappa shape index (κ1) is 30.2. The molecule has 43 heavy (non-hydrogen) atoms. The molecule has 4 aromatic rings. The summed E-state index contributed by atoms with van der Waals surface area (Å²) in [6.45, 7) is 9.19. The number of aromatic carboxylic acids is 1. The molecule has 0 radical (unpaired) electrons. The number of rotatable bonds is 7. The minimum Gasteiger partial charge on any atom is -0.496 e. The van der Waals surface area contributed by atoms with E-state index in [1.165, 1.54) is 15.9 Å². The first-order valence-electron chi connectivity index (χ1n) is 13.5. The average Bonchev–Trinajstić information content (AvgIpc) is 3.40. The standard InChI is InChI=1S/C32H30BrN3O6S/c1-16(2)42-31(40)27-18(4)34-32-36(28(27)24-15-22(33)9-12-25(24)41-6)29(37)26(43-32)14-21-13-17(3)35(19(21)5)23-10-7-20(8-11-23)30(38)39/h7-16,28H,1-6H3,(H,38,39)/b26-14-/t28-/m1/s1. The number of hydrogen-bond acceptors (Lipinski definition) is 7. The zero-order valence-electron chi connectivity index (χ0n) is 24.5. The van der Waals surface area contributed by atoms with Crippen LogP contribution in [-0.4, -0.2) is 39.4 Å². The van der Waals surface area contributed by atoms with Crippen LogP contribution in [0.2, 0.25) is 0 Å². The Bertz CT molecular complexity index is 1980. The summed E-state index contributed by atoms with van der Waals surface area (Å²) in [5.74, 6) is -1.02. The number of aromatic nitrogens is 2. The van der Waals surface area contributed by atoms with Crippen LogP contribution >= 0.6 is 27.3 Å². The second-order valence-electron chi connectivity index (χ2n) is 10.4. The molecule has 9 nitrogen and oxygen atoms in total. The minimum absolute atomic E-state index is 0.205. The van der Waals surface area contributed by atoms with Crippen LogP contribution < -0.4 is 19.6 Å². The number of carbonyl (C=O) groups is 2. The molecule has 0 spiro atoms. The third-order valence-corrected chi connectivity index (χ3v) is 8.68. The van der Waals surface area contributed by atoms with Crippen molar-refractivity contribution < 1.29 is 24.2 Å². The second-order valence-corrected chi connectivity index (χ2v) is 12.4. The molecule has 0 saturated carbocycles. The summed E-state index contributed by atoms with van der Waals surface area (Å²) in [7, 11) is 1.55. The Kier molecular flexibility index (Phi) is 8.31. The molecule has 0 unspecified atom stereocenters. The molecule has 1 aliphatic heterocycles. The van der Waals surface area contributed by atoms with E-state index in [1.54, 1.807) is 58.2 Å². The summed E-state index contributed by atoms with van der Waals surface area (Å²) in [6.07, 6.45) is 1.47. The number of carboxylic acid groups (broad SMARTS) is 1. The van der Waals surface area contributed by atoms with Crippen molar-refractivity contribution in [1.82, 2.24) is 9.13 Å². The van der Waals surface area contributed by atoms with Gasteiger partial charge in [-0.1, -0.05) is 27.3 Å². The average molecular weight is 665 g/mol. The van der Waals surface area contributed by atoms with Gasteiger partial charge in [-0.05, 0) is 94.8 Å². The zero-order chi connectivity index (χ0) is 31.2. The Morgan fingerprint density at radius 2 is 1.79 bits per heavy atom. The molecule has 3 heterocycles. The van der Waals surface area contributed by atoms with Crippen molar-refractivity contribution in [1.29, 1.82) is 0 Å². The van der Waals surface area contributed by atoms with Gasteiger partial charge in [-0.3, -0.25) is 9.36 Å². The number of hydrogen-bond donors (Lipinski definition) is 1. The predicted molar refractivity (Wildman–Crippen MR) is 168 cm³/mol. The molecule has 2 aromatic heterocycles. The highest BCUT2D eigenvalue weighted by molar-refractivity contribution is 9.10. The summed E-state index contributed by atoms with van der Waals surface area (Å²) < 4.78 is 16.0. The van der Waals surface area contributed by atoms with Crippen LogP contribution in [0.4, 0.5) is 0 Å². The number of aryl methyl sites for hydroxylation is 1. The number of carboxylic acids is 1. The molecule has 1 N–H and O–H groups in total. The van der Waals surface area contributed by atoms with E-state index in [0.29, 0.717) is 26.3 Å². The summed E-state index contributed by atoms with van der Waals surface area (Å²) in [5, 5.41) is 9.27. The van der Waals surface area contributed by atoms with E-state index in [2.05, 4.69) is 20.9 Å². The highest BCUT2D eigenvalue weighted by Crippen LogP contribution is 2.37. The van der Waals surface area contributed by atoms with Crippen molar-refractivity contribution in [2.24, 2.45) is 4.99 Å². The van der Waals surface area contributed by atoms with Gasteiger partial charge in [0.25, 0.3) is 5.56 Å². The third-order valence-electron chi connectivity index (χ3n) is 7.20. The van der Waals surface area contributed by atoms with E-state index in [4.69, 9.17) is 9.47 Å². The normalized spacial score (nSPS) is 15.0. The van der Waals surface area contributed by atoms with Gasteiger partial charge in [-0.2, -0.15) is 0 Å². The molecule has 1 aliphatic rings. The molecule has 1 atom stereocenters. The van der Waals surface area contributed by atoms with E-state index in [9.17, 15) is 19.5 Å². The molecule has 0 fully saturated rings. The van der Waals surface area contributed by atoms with Crippen LogP contribution in [0, 0.1) is 13.8 Å². The Labute approximate surface area is 260 Å². The van der Waals surface area contributed by atoms with Gasteiger partial charge in [0.05, 0.1) is 34.6 Å². The Morgan fingerprint density at radius 1 is 1.09 bits per heavy atom. The fourth-order valence-corrected chi connectivity index (χ4v) is 6.72. The van der Waals surface area contributed by atoms with Gasteiger partial charge in [-0.15, -0.1) is 0 Å². The molecule has 11 heteroatoms. The van der Waals surface area contributed by atoms with Crippen molar-refractivity contribution >= 4 is 45.3 Å². The molecular weight excluding hydrogens is 634 g/mol. The van der Waals surface area contributed by atoms with E-state index >= 15 is 0 Å². The lowest BCUT2D eigenvalue weighted by Gasteiger charge is -2.26. The number of carbonyl (C=O) groups excluding carboxylic acids is 1. The number of nitrogens with zero attached hydrogens (tertiary/aromatic N) is 3. The van der Waals surface area contributed by atoms with Gasteiger partial charge < -0.3 is 19.1 Å². The molecule has 0 bridgehead atoms. The predicted octanol–water partition coefficient (Wildman–Crippen LogP) is 5.06. The Balaban J connectivity index is 1.70. The van der Waals surface area contributed by atoms with Crippen LogP contribution in [0.1, 0.15) is 59.7 Å². The number of esters is 1. The number of benzene rings is 2. The van der Waals surface area contributed by atoms with Crippen LogP contribution in [0.5, 0.6) is 5.75 Å². The maximum Gasteiger partial charge on any atom is 0.338 e. The fraction of sp³-hybridized carbons (Fsp3) is 0.250. The van der Waals surface area contributed by atoms with Gasteiger partial charge in [-0.25, -0.2) is 14.6 Å². The lowest BCUT2D eigenvalue weighted by Crippen LogP contribution is -2.40. The molecule has 0 aliphatic carbocycles. The lowest BCUT2D eigenvalue weighted by atomic mass is 9.95. The van der Waals surface area contributed by atoms with Crippen molar-refractivity contribution in [3.63, 3.8) is 0 Å². The minimum atomic E-state index is -0.988. The Morgan fingerprint density at radius 3 is 2.42 bits per heavy atom. The molecule has 2 aromatic carbocycles. The summed E-state index contributed by atoms with van der Waals surface area (Å²) in [6, 6.07) is 13.3. The van der Waals surface area contributed by atoms with Gasteiger partial charge in [0.15, 0.2) is 4.80 Å². The van der Waals surface area contributed by atoms with E-state index in [1.807, 2.05) is 42.7 Å². The van der Waals surface area contributed by atoms with Crippen molar-refractivity contribution in [2.45, 2.75) is 46.8 Å². The number of methoxy groups -OCH3 is 1. The summed E-state index contributed by atoms with van der Waals surface area (Å²) in [4.78, 5) is 44.0. The second kappa shape index (κ2) is 11.8. The largest absolute Gasteiger partial charge is 0.496 e. The number of ether oxygens (including phenoxy) is 2. The van der Waals surface area contributed by atoms with Crippen molar-refractivity contribution in [2.75, 3.05) is 7.11 Å². The molecule has 0 amide bonds. The number of halogens is 1. The first-order valence-corrected chi connectivity index (χ1v) is 15.1. The zero-order valence-corrected chi connectivity index (χ0v) is 26.9. The van der Waals surface area contributed by atoms with E-state index in [0.717, 1.165) is 27.1 Å². The van der Waals surface area contributed by atoms with Crippen molar-refractivity contribution in [3.8, 4) is 11.4 Å². The van der Waals surface area contributed by atoms with E-state index < -0.39 is 18.0 Å². The van der Waals surface area contributed by atoms with Crippen LogP contribution in [0.3, 0.4) is 0 Å². The number of fused-ring (bicyclic) bond motifs is 1. The number of thiazole rings is 1. The summed E-state index contributed by atoms with van der Waals surface area (Å²) in [5.41, 5.74) is 4.71. The monoisotopic (exact) mass is 663 g/mol. The van der Waals surface area contributed by atoms with Crippen LogP contribution in [0.15, 0.2) is 74.1 Å². The maximum atomic E-state index is 14.2. The van der Waals surface area contributed by atoms with Gasteiger partial charge in [0.2, 0.25) is 0 Å². The maximum absolute atomic E-state index is 14.2. The Hall–Kier alpha value is -4.22. The van der Waals surface area contributed by atoms with Gasteiger partial charge in [0.1, 0.15) is 11.8 Å². The van der Waals surface area contributed by atoms with Crippen LogP contribution in [-0.2, 0) is 9.53 Å². The SMILES string of the molecule is COc1ccc(Br)cc1[C@@H]1C(C(=O)OC(C)C)=C(C)N=c2s/c(=C\c3cc(C)n(-c4ccc(C(=O)O)cc4)c3C)c(=O)n21. The van der Waals surface area contributed by atoms with Crippen LogP contribution in [0.25, 0.3) is 11.8 Å². The number of allylic oxidation sites excluding steroid dienone is 1. The van der Waals surface area contributed by atoms with Crippen molar-refractivity contribution in [3.05, 3.63) is 112 Å². The molecular formula is C32H30BrN3O6S. The highest BCUT2D eigenvalue weighted by atomic mass is 79.9. The lowest BCUT2D eigenvalue weighted by molar-refractivity contribution is -0.143. The quantitative estimate of drug-likeness (QED) is 0.277. The smallest absolute Gasteiger partial charge is 0.338 e. The molecule has 0 saturated heterocycles. The first-order chi connectivity index (χ1) is 20.4. The van der Waals surface area contributed by atoms with Gasteiger partial charge >= 0.3 is 11.9 Å². The summed E-state index contributed by atoms with van der Waals surface area (Å²) >= 11 is 4.77. The van der Waals surface area contributed by atoms with E-state index in [-0.39, 0.29) is 22.8 Å². The molecule has 5 rings (SSSR count). The molecule has 222 valence electrons.